The Labute approximate surface area is 152 Å². The van der Waals surface area contributed by atoms with Gasteiger partial charge in [0.25, 0.3) is 0 Å². The number of rotatable bonds is 1. The standard InChI is InChI=1S/C21H34O4/c1-8-18-14(3)10-9-13(2)16(5)12-21(7,24)19(22)11-15(4)17(6)20(23)25-18/h9,13,15-18,24H,8,11-12H2,1-7H3. The van der Waals surface area contributed by atoms with Crippen LogP contribution in [0.15, 0.2) is 17.4 Å². The molecule has 1 heterocycles. The maximum absolute atomic E-state index is 12.6. The number of carbonyl (C=O) groups is 2. The van der Waals surface area contributed by atoms with Crippen molar-refractivity contribution in [3.8, 4) is 0 Å². The summed E-state index contributed by atoms with van der Waals surface area (Å²) in [6.07, 6.45) is 2.92. The fourth-order valence-corrected chi connectivity index (χ4v) is 3.09. The third kappa shape index (κ3) is 5.83. The largest absolute Gasteiger partial charge is 0.457 e. The second kappa shape index (κ2) is 8.82. The van der Waals surface area contributed by atoms with E-state index in [0.717, 1.165) is 5.57 Å². The molecular formula is C21H34O4. The molecule has 0 aromatic heterocycles. The van der Waals surface area contributed by atoms with Gasteiger partial charge in [-0.1, -0.05) is 34.6 Å². The van der Waals surface area contributed by atoms with Crippen molar-refractivity contribution in [2.24, 2.45) is 23.7 Å². The van der Waals surface area contributed by atoms with E-state index in [1.165, 1.54) is 0 Å². The molecule has 0 saturated heterocycles. The fourth-order valence-electron chi connectivity index (χ4n) is 3.09. The number of aliphatic hydroxyl groups is 1. The first-order valence-corrected chi connectivity index (χ1v) is 9.39. The Morgan fingerprint density at radius 2 is 1.84 bits per heavy atom. The lowest BCUT2D eigenvalue weighted by Crippen LogP contribution is -2.40. The van der Waals surface area contributed by atoms with Crippen LogP contribution >= 0.6 is 0 Å². The summed E-state index contributed by atoms with van der Waals surface area (Å²) < 4.78 is 5.66. The van der Waals surface area contributed by atoms with Crippen LogP contribution in [-0.2, 0) is 14.3 Å². The van der Waals surface area contributed by atoms with Crippen LogP contribution in [-0.4, -0.2) is 28.6 Å². The minimum atomic E-state index is -1.38. The van der Waals surface area contributed by atoms with Crippen LogP contribution in [0.3, 0.4) is 0 Å². The predicted octanol–water partition coefficient (Wildman–Crippen LogP) is 4.07. The van der Waals surface area contributed by atoms with Gasteiger partial charge >= 0.3 is 5.97 Å². The summed E-state index contributed by atoms with van der Waals surface area (Å²) in [5, 5.41) is 10.6. The van der Waals surface area contributed by atoms with Crippen molar-refractivity contribution >= 4 is 11.8 Å². The van der Waals surface area contributed by atoms with Crippen molar-refractivity contribution in [2.75, 3.05) is 0 Å². The first kappa shape index (κ1) is 21.7. The van der Waals surface area contributed by atoms with E-state index in [0.29, 0.717) is 12.8 Å². The van der Waals surface area contributed by atoms with Crippen molar-refractivity contribution in [1.82, 2.24) is 0 Å². The Balaban J connectivity index is 3.25. The van der Waals surface area contributed by atoms with E-state index >= 15 is 0 Å². The van der Waals surface area contributed by atoms with Gasteiger partial charge in [-0.05, 0) is 50.5 Å². The number of hydrogen-bond donors (Lipinski definition) is 1. The molecule has 1 aliphatic rings. The molecule has 0 bridgehead atoms. The smallest absolute Gasteiger partial charge is 0.309 e. The molecule has 0 spiro atoms. The predicted molar refractivity (Wildman–Crippen MR) is 99.0 cm³/mol. The maximum atomic E-state index is 12.6. The second-order valence-corrected chi connectivity index (χ2v) is 8.04. The van der Waals surface area contributed by atoms with E-state index in [4.69, 9.17) is 4.74 Å². The van der Waals surface area contributed by atoms with Crippen LogP contribution in [0.2, 0.25) is 0 Å². The summed E-state index contributed by atoms with van der Waals surface area (Å²) in [6, 6.07) is 0. The molecule has 1 N–H and O–H groups in total. The molecule has 1 aliphatic heterocycles. The molecule has 142 valence electrons. The molecular weight excluding hydrogens is 316 g/mol. The summed E-state index contributed by atoms with van der Waals surface area (Å²) in [5.74, 6) is -0.798. The molecule has 0 aromatic rings. The van der Waals surface area contributed by atoms with Gasteiger partial charge < -0.3 is 9.84 Å². The van der Waals surface area contributed by atoms with E-state index in [1.54, 1.807) is 13.8 Å². The summed E-state index contributed by atoms with van der Waals surface area (Å²) >= 11 is 0. The summed E-state index contributed by atoms with van der Waals surface area (Å²) in [6.45, 7) is 13.2. The minimum Gasteiger partial charge on any atom is -0.457 e. The molecule has 6 atom stereocenters. The zero-order chi connectivity index (χ0) is 19.4. The maximum Gasteiger partial charge on any atom is 0.309 e. The molecule has 0 aromatic carbocycles. The van der Waals surface area contributed by atoms with Gasteiger partial charge in [-0.25, -0.2) is 0 Å². The van der Waals surface area contributed by atoms with E-state index in [9.17, 15) is 14.7 Å². The number of esters is 1. The number of ether oxygens (including phenoxy) is 1. The normalized spacial score (nSPS) is 38.7. The highest BCUT2D eigenvalue weighted by Crippen LogP contribution is 2.29. The lowest BCUT2D eigenvalue weighted by molar-refractivity contribution is -0.154. The first-order chi connectivity index (χ1) is 11.5. The lowest BCUT2D eigenvalue weighted by atomic mass is 9.79. The van der Waals surface area contributed by atoms with Gasteiger partial charge in [0.05, 0.1) is 5.92 Å². The Bertz CT molecular complexity index is 554. The summed E-state index contributed by atoms with van der Waals surface area (Å²) in [5.41, 5.74) is 2.77. The summed E-state index contributed by atoms with van der Waals surface area (Å²) in [4.78, 5) is 25.0. The monoisotopic (exact) mass is 350 g/mol. The van der Waals surface area contributed by atoms with Gasteiger partial charge in [0.1, 0.15) is 11.7 Å². The van der Waals surface area contributed by atoms with Gasteiger partial charge in [-0.2, -0.15) is 0 Å². The Hall–Kier alpha value is -1.38. The number of carbonyl (C=O) groups excluding carboxylic acids is 2. The molecule has 25 heavy (non-hydrogen) atoms. The zero-order valence-corrected chi connectivity index (χ0v) is 16.8. The van der Waals surface area contributed by atoms with E-state index in [2.05, 4.69) is 12.7 Å². The van der Waals surface area contributed by atoms with Gasteiger partial charge in [0, 0.05) is 12.0 Å². The van der Waals surface area contributed by atoms with Crippen molar-refractivity contribution in [3.63, 3.8) is 0 Å². The van der Waals surface area contributed by atoms with E-state index in [-0.39, 0.29) is 42.0 Å². The van der Waals surface area contributed by atoms with Crippen LogP contribution in [0.25, 0.3) is 0 Å². The molecule has 6 unspecified atom stereocenters. The van der Waals surface area contributed by atoms with Crippen molar-refractivity contribution in [3.05, 3.63) is 17.4 Å². The molecule has 4 nitrogen and oxygen atoms in total. The second-order valence-electron chi connectivity index (χ2n) is 8.04. The van der Waals surface area contributed by atoms with Crippen LogP contribution < -0.4 is 0 Å². The van der Waals surface area contributed by atoms with Crippen molar-refractivity contribution in [1.29, 1.82) is 0 Å². The van der Waals surface area contributed by atoms with Crippen LogP contribution in [0, 0.1) is 23.7 Å². The van der Waals surface area contributed by atoms with Gasteiger partial charge in [0.15, 0.2) is 5.78 Å². The Morgan fingerprint density at radius 3 is 2.40 bits per heavy atom. The van der Waals surface area contributed by atoms with Crippen LogP contribution in [0.4, 0.5) is 0 Å². The number of cyclic esters (lactones) is 1. The molecule has 0 radical (unpaired) electrons. The van der Waals surface area contributed by atoms with E-state index in [1.807, 2.05) is 33.8 Å². The quantitative estimate of drug-likeness (QED) is 0.572. The Kier molecular flexibility index (Phi) is 7.64. The molecule has 1 rings (SSSR count). The van der Waals surface area contributed by atoms with Crippen molar-refractivity contribution < 1.29 is 19.4 Å². The van der Waals surface area contributed by atoms with Gasteiger partial charge in [-0.3, -0.25) is 9.59 Å². The van der Waals surface area contributed by atoms with E-state index < -0.39 is 11.5 Å². The highest BCUT2D eigenvalue weighted by atomic mass is 16.5. The topological polar surface area (TPSA) is 63.6 Å². The zero-order valence-electron chi connectivity index (χ0n) is 16.8. The average Bonchev–Trinajstić information content (AvgIpc) is 2.54. The highest BCUT2D eigenvalue weighted by Gasteiger charge is 2.36. The Morgan fingerprint density at radius 1 is 1.24 bits per heavy atom. The molecule has 0 aliphatic carbocycles. The number of ketones is 1. The molecule has 0 fully saturated rings. The SMILES string of the molecule is CCC1OC(=O)C(C)C(C)CC(=O)C(C)(O)CC(C)C(C)C=C=C1C. The van der Waals surface area contributed by atoms with Gasteiger partial charge in [-0.15, -0.1) is 5.73 Å². The lowest BCUT2D eigenvalue weighted by Gasteiger charge is -2.30. The summed E-state index contributed by atoms with van der Waals surface area (Å²) in [7, 11) is 0. The van der Waals surface area contributed by atoms with Crippen molar-refractivity contribution in [2.45, 2.75) is 79.4 Å². The molecule has 0 amide bonds. The molecule has 4 heteroatoms. The first-order valence-electron chi connectivity index (χ1n) is 9.39. The van der Waals surface area contributed by atoms with Crippen LogP contribution in [0.1, 0.15) is 67.7 Å². The minimum absolute atomic E-state index is 0.137. The van der Waals surface area contributed by atoms with Crippen LogP contribution in [0.5, 0.6) is 0 Å². The number of Topliss-reactive ketones (excluding diaryl/α,β-unsaturated/α-hetero) is 1. The third-order valence-corrected chi connectivity index (χ3v) is 5.64. The molecule has 0 saturated carbocycles. The number of hydrogen-bond acceptors (Lipinski definition) is 4. The van der Waals surface area contributed by atoms with Gasteiger partial charge in [0.2, 0.25) is 0 Å². The third-order valence-electron chi connectivity index (χ3n) is 5.64. The highest BCUT2D eigenvalue weighted by molar-refractivity contribution is 5.87. The average molecular weight is 350 g/mol. The fraction of sp³-hybridized carbons (Fsp3) is 0.762.